The summed E-state index contributed by atoms with van der Waals surface area (Å²) >= 11 is 0. The van der Waals surface area contributed by atoms with Crippen molar-refractivity contribution in [1.82, 2.24) is 16.0 Å². The van der Waals surface area contributed by atoms with Crippen LogP contribution in [0.5, 0.6) is 0 Å². The highest BCUT2D eigenvalue weighted by Gasteiger charge is 2.36. The number of nitrogens with one attached hydrogen (secondary N) is 3. The van der Waals surface area contributed by atoms with Gasteiger partial charge in [-0.1, -0.05) is 19.9 Å². The summed E-state index contributed by atoms with van der Waals surface area (Å²) in [7, 11) is 1.24. The Morgan fingerprint density at radius 1 is 1.30 bits per heavy atom. The topological polar surface area (TPSA) is 137 Å². The molecule has 0 spiro atoms. The monoisotopic (exact) mass is 383 g/mol. The molecule has 0 aromatic carbocycles. The van der Waals surface area contributed by atoms with Crippen molar-refractivity contribution >= 4 is 17.8 Å². The molecule has 1 fully saturated rings. The van der Waals surface area contributed by atoms with Crippen LogP contribution in [0.25, 0.3) is 0 Å². The van der Waals surface area contributed by atoms with E-state index in [0.717, 1.165) is 13.0 Å². The van der Waals surface area contributed by atoms with Crippen LogP contribution in [-0.2, 0) is 19.1 Å². The van der Waals surface area contributed by atoms with Crippen LogP contribution >= 0.6 is 0 Å². The Labute approximate surface area is 158 Å². The highest BCUT2D eigenvalue weighted by molar-refractivity contribution is 5.96. The van der Waals surface area contributed by atoms with E-state index in [1.807, 2.05) is 0 Å². The third-order valence-electron chi connectivity index (χ3n) is 4.96. The normalized spacial score (nSPS) is 29.0. The highest BCUT2D eigenvalue weighted by Crippen LogP contribution is 2.21. The SMILES string of the molecule is COC(=O)C(NC(=O)C1=CC(NC(=O)C2CCCN2)C(O)C(O)C1)C(C)C. The van der Waals surface area contributed by atoms with Gasteiger partial charge in [0.25, 0.3) is 0 Å². The first-order valence-corrected chi connectivity index (χ1v) is 9.23. The molecule has 1 aliphatic carbocycles. The Kier molecular flexibility index (Phi) is 7.34. The molecular weight excluding hydrogens is 354 g/mol. The molecule has 0 aromatic heterocycles. The van der Waals surface area contributed by atoms with Crippen LogP contribution in [0.2, 0.25) is 0 Å². The van der Waals surface area contributed by atoms with E-state index in [1.165, 1.54) is 13.2 Å². The number of aliphatic hydroxyl groups excluding tert-OH is 2. The summed E-state index contributed by atoms with van der Waals surface area (Å²) in [6.07, 6.45) is 0.536. The van der Waals surface area contributed by atoms with Gasteiger partial charge in [0.2, 0.25) is 11.8 Å². The first kappa shape index (κ1) is 21.3. The molecule has 5 N–H and O–H groups in total. The Hall–Kier alpha value is -1.97. The summed E-state index contributed by atoms with van der Waals surface area (Å²) in [6, 6.07) is -2.06. The quantitative estimate of drug-likeness (QED) is 0.355. The Bertz CT molecular complexity index is 600. The van der Waals surface area contributed by atoms with Gasteiger partial charge in [-0.05, 0) is 25.3 Å². The first-order valence-electron chi connectivity index (χ1n) is 9.23. The lowest BCUT2D eigenvalue weighted by Gasteiger charge is -2.32. The van der Waals surface area contributed by atoms with Crippen LogP contribution in [0.3, 0.4) is 0 Å². The van der Waals surface area contributed by atoms with Crippen LogP contribution in [0.15, 0.2) is 11.6 Å². The van der Waals surface area contributed by atoms with Gasteiger partial charge in [-0.15, -0.1) is 0 Å². The number of aliphatic hydroxyl groups is 2. The van der Waals surface area contributed by atoms with Crippen molar-refractivity contribution in [2.45, 2.75) is 63.4 Å². The predicted molar refractivity (Wildman–Crippen MR) is 96.5 cm³/mol. The highest BCUT2D eigenvalue weighted by atomic mass is 16.5. The summed E-state index contributed by atoms with van der Waals surface area (Å²) in [5, 5.41) is 28.6. The predicted octanol–water partition coefficient (Wildman–Crippen LogP) is -1.41. The molecule has 0 aromatic rings. The third-order valence-corrected chi connectivity index (χ3v) is 4.96. The van der Waals surface area contributed by atoms with Gasteiger partial charge in [0.05, 0.1) is 25.3 Å². The van der Waals surface area contributed by atoms with Crippen LogP contribution in [0.1, 0.15) is 33.1 Å². The number of esters is 1. The maximum atomic E-state index is 12.6. The molecule has 1 heterocycles. The van der Waals surface area contributed by atoms with E-state index >= 15 is 0 Å². The molecule has 152 valence electrons. The van der Waals surface area contributed by atoms with Crippen molar-refractivity contribution in [3.05, 3.63) is 11.6 Å². The van der Waals surface area contributed by atoms with Crippen molar-refractivity contribution in [2.75, 3.05) is 13.7 Å². The smallest absolute Gasteiger partial charge is 0.328 e. The summed E-state index contributed by atoms with van der Waals surface area (Å²) in [4.78, 5) is 36.7. The molecule has 9 nitrogen and oxygen atoms in total. The number of amides is 2. The molecule has 0 radical (unpaired) electrons. The van der Waals surface area contributed by atoms with Gasteiger partial charge in [-0.25, -0.2) is 4.79 Å². The number of methoxy groups -OCH3 is 1. The van der Waals surface area contributed by atoms with Crippen LogP contribution < -0.4 is 16.0 Å². The van der Waals surface area contributed by atoms with E-state index < -0.39 is 36.2 Å². The number of rotatable bonds is 6. The molecule has 0 bridgehead atoms. The van der Waals surface area contributed by atoms with Crippen molar-refractivity contribution in [3.63, 3.8) is 0 Å². The van der Waals surface area contributed by atoms with Crippen LogP contribution in [0, 0.1) is 5.92 Å². The second-order valence-corrected chi connectivity index (χ2v) is 7.36. The molecule has 1 saturated heterocycles. The minimum absolute atomic E-state index is 0.0764. The largest absolute Gasteiger partial charge is 0.467 e. The Morgan fingerprint density at radius 2 is 2.00 bits per heavy atom. The molecule has 1 aliphatic heterocycles. The molecule has 0 saturated carbocycles. The van der Waals surface area contributed by atoms with Gasteiger partial charge < -0.3 is 30.9 Å². The molecule has 2 rings (SSSR count). The van der Waals surface area contributed by atoms with Gasteiger partial charge >= 0.3 is 5.97 Å². The Morgan fingerprint density at radius 3 is 2.56 bits per heavy atom. The fourth-order valence-electron chi connectivity index (χ4n) is 3.30. The zero-order valence-corrected chi connectivity index (χ0v) is 15.9. The van der Waals surface area contributed by atoms with Crippen LogP contribution in [-0.4, -0.2) is 72.0 Å². The summed E-state index contributed by atoms with van der Waals surface area (Å²) in [6.45, 7) is 4.29. The van der Waals surface area contributed by atoms with E-state index in [2.05, 4.69) is 16.0 Å². The summed E-state index contributed by atoms with van der Waals surface area (Å²) < 4.78 is 4.70. The minimum atomic E-state index is -1.21. The molecule has 5 unspecified atom stereocenters. The average molecular weight is 383 g/mol. The first-order chi connectivity index (χ1) is 12.7. The minimum Gasteiger partial charge on any atom is -0.467 e. The van der Waals surface area contributed by atoms with E-state index in [-0.39, 0.29) is 29.9 Å². The second-order valence-electron chi connectivity index (χ2n) is 7.36. The van der Waals surface area contributed by atoms with Gasteiger partial charge in [0.15, 0.2) is 0 Å². The van der Waals surface area contributed by atoms with Gasteiger partial charge in [0.1, 0.15) is 12.1 Å². The third kappa shape index (κ3) is 5.27. The number of carbonyl (C=O) groups excluding carboxylic acids is 3. The molecule has 5 atom stereocenters. The van der Waals surface area contributed by atoms with E-state index in [1.54, 1.807) is 13.8 Å². The lowest BCUT2D eigenvalue weighted by atomic mass is 9.89. The van der Waals surface area contributed by atoms with Crippen molar-refractivity contribution in [2.24, 2.45) is 5.92 Å². The molecular formula is C18H29N3O6. The van der Waals surface area contributed by atoms with E-state index in [9.17, 15) is 24.6 Å². The average Bonchev–Trinajstić information content (AvgIpc) is 3.16. The Balaban J connectivity index is 2.10. The summed E-state index contributed by atoms with van der Waals surface area (Å²) in [5.74, 6) is -1.57. The van der Waals surface area contributed by atoms with Gasteiger partial charge in [-0.3, -0.25) is 9.59 Å². The fourth-order valence-corrected chi connectivity index (χ4v) is 3.30. The van der Waals surface area contributed by atoms with Crippen molar-refractivity contribution in [1.29, 1.82) is 0 Å². The maximum absolute atomic E-state index is 12.6. The molecule has 2 amide bonds. The van der Waals surface area contributed by atoms with Gasteiger partial charge in [0, 0.05) is 12.0 Å². The standard InChI is InChI=1S/C18H29N3O6/c1-9(2)14(18(26)27-3)21-16(24)10-7-12(15(23)13(22)8-10)20-17(25)11-5-4-6-19-11/h7,9,11-15,19,22-23H,4-6,8H2,1-3H3,(H,20,25)(H,21,24). The maximum Gasteiger partial charge on any atom is 0.328 e. The van der Waals surface area contributed by atoms with Crippen LogP contribution in [0.4, 0.5) is 0 Å². The number of hydrogen-bond acceptors (Lipinski definition) is 7. The fraction of sp³-hybridized carbons (Fsp3) is 0.722. The van der Waals surface area contributed by atoms with E-state index in [4.69, 9.17) is 4.74 Å². The number of hydrogen-bond donors (Lipinski definition) is 5. The molecule has 2 aliphatic rings. The zero-order valence-electron chi connectivity index (χ0n) is 15.9. The number of ether oxygens (including phenoxy) is 1. The molecule has 9 heteroatoms. The lowest BCUT2D eigenvalue weighted by molar-refractivity contribution is -0.146. The molecule has 27 heavy (non-hydrogen) atoms. The van der Waals surface area contributed by atoms with Crippen molar-refractivity contribution < 1.29 is 29.3 Å². The summed E-state index contributed by atoms with van der Waals surface area (Å²) in [5.41, 5.74) is 0.201. The second kappa shape index (κ2) is 9.29. The van der Waals surface area contributed by atoms with Crippen molar-refractivity contribution in [3.8, 4) is 0 Å². The lowest BCUT2D eigenvalue weighted by Crippen LogP contribution is -2.54. The zero-order chi connectivity index (χ0) is 20.1. The van der Waals surface area contributed by atoms with E-state index in [0.29, 0.717) is 6.42 Å². The van der Waals surface area contributed by atoms with Gasteiger partial charge in [-0.2, -0.15) is 0 Å². The number of carbonyl (C=O) groups is 3.